The summed E-state index contributed by atoms with van der Waals surface area (Å²) < 4.78 is 9.41. The maximum absolute atomic E-state index is 5.29. The Hall–Kier alpha value is -0.740. The molecule has 2 heterocycles. The van der Waals surface area contributed by atoms with Crippen LogP contribution in [-0.4, -0.2) is 5.90 Å². The first-order valence-electron chi connectivity index (χ1n) is 3.44. The summed E-state index contributed by atoms with van der Waals surface area (Å²) in [5, 5.41) is 0.649. The first-order valence-corrected chi connectivity index (χ1v) is 5.03. The molecule has 0 bridgehead atoms. The van der Waals surface area contributed by atoms with Crippen LogP contribution in [-0.2, 0) is 4.74 Å². The van der Waals surface area contributed by atoms with Crippen molar-refractivity contribution in [2.24, 2.45) is 4.40 Å². The van der Waals surface area contributed by atoms with Gasteiger partial charge in [-0.15, -0.1) is 11.3 Å². The van der Waals surface area contributed by atoms with E-state index in [0.717, 1.165) is 4.88 Å². The number of hydrogen-bond acceptors (Lipinski definition) is 4. The minimum atomic E-state index is 0.649. The van der Waals surface area contributed by atoms with Crippen LogP contribution in [0, 0.1) is 6.92 Å². The van der Waals surface area contributed by atoms with Gasteiger partial charge in [0.2, 0.25) is 5.90 Å². The summed E-state index contributed by atoms with van der Waals surface area (Å²) in [7, 11) is 0. The van der Waals surface area contributed by atoms with Gasteiger partial charge in [0, 0.05) is 4.88 Å². The molecule has 2 rings (SSSR count). The fourth-order valence-electron chi connectivity index (χ4n) is 0.882. The fourth-order valence-corrected chi connectivity index (χ4v) is 2.17. The zero-order valence-electron chi connectivity index (χ0n) is 6.53. The Labute approximate surface area is 79.1 Å². The second kappa shape index (κ2) is 2.95. The van der Waals surface area contributed by atoms with Gasteiger partial charge < -0.3 is 4.74 Å². The van der Waals surface area contributed by atoms with Crippen molar-refractivity contribution in [3.8, 4) is 0 Å². The molecule has 62 valence electrons. The van der Waals surface area contributed by atoms with Gasteiger partial charge in [-0.25, -0.2) is 0 Å². The quantitative estimate of drug-likeness (QED) is 0.645. The van der Waals surface area contributed by atoms with E-state index in [9.17, 15) is 0 Å². The van der Waals surface area contributed by atoms with Crippen LogP contribution in [0.3, 0.4) is 0 Å². The third-order valence-electron chi connectivity index (χ3n) is 1.39. The lowest BCUT2D eigenvalue weighted by atomic mass is 10.4. The van der Waals surface area contributed by atoms with E-state index < -0.39 is 0 Å². The number of thiophene rings is 1. The van der Waals surface area contributed by atoms with E-state index in [1.807, 2.05) is 6.07 Å². The zero-order valence-corrected chi connectivity index (χ0v) is 8.17. The van der Waals surface area contributed by atoms with Crippen molar-refractivity contribution in [3.63, 3.8) is 0 Å². The number of hydrogen-bond donors (Lipinski definition) is 0. The molecule has 0 aliphatic carbocycles. The van der Waals surface area contributed by atoms with Gasteiger partial charge in [0.15, 0.2) is 5.09 Å². The Bertz CT molecular complexity index is 354. The molecule has 0 unspecified atom stereocenters. The maximum Gasteiger partial charge on any atom is 0.244 e. The molecule has 2 nitrogen and oxygen atoms in total. The van der Waals surface area contributed by atoms with Crippen LogP contribution in [0.15, 0.2) is 28.2 Å². The lowest BCUT2D eigenvalue weighted by Gasteiger charge is -1.94. The summed E-state index contributed by atoms with van der Waals surface area (Å²) in [6.45, 7) is 5.73. The van der Waals surface area contributed by atoms with Crippen LogP contribution in [0.25, 0.3) is 0 Å². The third kappa shape index (κ3) is 1.40. The van der Waals surface area contributed by atoms with Crippen LogP contribution in [0.5, 0.6) is 0 Å². The number of nitrogens with zero attached hydrogens (tertiary/aromatic N) is 1. The van der Waals surface area contributed by atoms with Gasteiger partial charge in [-0.3, -0.25) is 0 Å². The Morgan fingerprint density at radius 3 is 2.83 bits per heavy atom. The van der Waals surface area contributed by atoms with E-state index in [2.05, 4.69) is 24.0 Å². The Balaban J connectivity index is 2.27. The van der Waals surface area contributed by atoms with Crippen molar-refractivity contribution in [2.45, 2.75) is 6.92 Å². The zero-order chi connectivity index (χ0) is 8.55. The van der Waals surface area contributed by atoms with E-state index in [1.165, 1.54) is 16.8 Å². The molecule has 1 aliphatic heterocycles. The predicted octanol–water partition coefficient (Wildman–Crippen LogP) is 2.95. The van der Waals surface area contributed by atoms with Gasteiger partial charge in [-0.1, -0.05) is 0 Å². The van der Waals surface area contributed by atoms with Crippen LogP contribution in [0.1, 0.15) is 9.75 Å². The van der Waals surface area contributed by atoms with E-state index in [-0.39, 0.29) is 0 Å². The van der Waals surface area contributed by atoms with Crippen LogP contribution in [0.4, 0.5) is 0 Å². The Morgan fingerprint density at radius 1 is 1.50 bits per heavy atom. The molecule has 1 aromatic heterocycles. The molecular formula is C8H7NOS2. The minimum absolute atomic E-state index is 0.649. The predicted molar refractivity (Wildman–Crippen MR) is 53.4 cm³/mol. The van der Waals surface area contributed by atoms with E-state index in [0.29, 0.717) is 11.0 Å². The van der Waals surface area contributed by atoms with Gasteiger partial charge in [-0.2, -0.15) is 4.40 Å². The highest BCUT2D eigenvalue weighted by atomic mass is 32.2. The maximum atomic E-state index is 5.29. The second-order valence-corrected chi connectivity index (χ2v) is 4.48. The van der Waals surface area contributed by atoms with Crippen LogP contribution in [0.2, 0.25) is 0 Å². The molecule has 0 amide bonds. The van der Waals surface area contributed by atoms with Crippen molar-refractivity contribution in [1.29, 1.82) is 0 Å². The molecule has 0 spiro atoms. The summed E-state index contributed by atoms with van der Waals surface area (Å²) in [5.41, 5.74) is 0. The summed E-state index contributed by atoms with van der Waals surface area (Å²) in [6.07, 6.45) is 0. The third-order valence-corrected chi connectivity index (χ3v) is 2.92. The summed E-state index contributed by atoms with van der Waals surface area (Å²) in [4.78, 5) is 2.33. The van der Waals surface area contributed by atoms with E-state index in [4.69, 9.17) is 4.74 Å². The first kappa shape index (κ1) is 7.89. The second-order valence-electron chi connectivity index (χ2n) is 2.37. The molecule has 0 radical (unpaired) electrons. The van der Waals surface area contributed by atoms with Gasteiger partial charge in [0.1, 0.15) is 0 Å². The van der Waals surface area contributed by atoms with Crippen molar-refractivity contribution < 1.29 is 4.74 Å². The highest BCUT2D eigenvalue weighted by molar-refractivity contribution is 8.02. The molecule has 0 saturated heterocycles. The molecule has 0 N–H and O–H groups in total. The fraction of sp³-hybridized carbons (Fsp3) is 0.125. The van der Waals surface area contributed by atoms with Crippen molar-refractivity contribution >= 4 is 29.2 Å². The SMILES string of the molecule is C=C1OC(c2ccc(C)s2)=NS1. The molecule has 0 saturated carbocycles. The largest absolute Gasteiger partial charge is 0.429 e. The number of ether oxygens (including phenoxy) is 1. The van der Waals surface area contributed by atoms with Crippen molar-refractivity contribution in [3.05, 3.63) is 33.6 Å². The number of rotatable bonds is 1. The van der Waals surface area contributed by atoms with Gasteiger partial charge in [0.05, 0.1) is 16.8 Å². The molecule has 0 fully saturated rings. The monoisotopic (exact) mass is 197 g/mol. The van der Waals surface area contributed by atoms with Gasteiger partial charge >= 0.3 is 0 Å². The van der Waals surface area contributed by atoms with Crippen LogP contribution >= 0.6 is 23.3 Å². The summed E-state index contributed by atoms with van der Waals surface area (Å²) in [5.74, 6) is 0.683. The van der Waals surface area contributed by atoms with Gasteiger partial charge in [-0.05, 0) is 25.6 Å². The van der Waals surface area contributed by atoms with Crippen LogP contribution < -0.4 is 0 Å². The molecule has 0 atom stereocenters. The highest BCUT2D eigenvalue weighted by Gasteiger charge is 2.15. The molecule has 12 heavy (non-hydrogen) atoms. The van der Waals surface area contributed by atoms with E-state index in [1.54, 1.807) is 11.3 Å². The smallest absolute Gasteiger partial charge is 0.244 e. The average molecular weight is 197 g/mol. The lowest BCUT2D eigenvalue weighted by Crippen LogP contribution is -1.95. The Kier molecular flexibility index (Phi) is 1.94. The lowest BCUT2D eigenvalue weighted by molar-refractivity contribution is 0.472. The topological polar surface area (TPSA) is 21.6 Å². The summed E-state index contributed by atoms with van der Waals surface area (Å²) >= 11 is 2.96. The average Bonchev–Trinajstić information content (AvgIpc) is 2.58. The normalized spacial score (nSPS) is 16.1. The van der Waals surface area contributed by atoms with Crippen molar-refractivity contribution in [2.75, 3.05) is 0 Å². The molecular weight excluding hydrogens is 190 g/mol. The minimum Gasteiger partial charge on any atom is -0.429 e. The molecule has 1 aliphatic rings. The number of aryl methyl sites for hydroxylation is 1. The molecule has 4 heteroatoms. The molecule has 1 aromatic rings. The summed E-state index contributed by atoms with van der Waals surface area (Å²) in [6, 6.07) is 4.07. The Morgan fingerprint density at radius 2 is 2.33 bits per heavy atom. The molecule has 0 aromatic carbocycles. The standard InChI is InChI=1S/C8H7NOS2/c1-5-3-4-7(11-5)8-9-12-6(2)10-8/h3-4H,2H2,1H3. The first-order chi connectivity index (χ1) is 5.75. The van der Waals surface area contributed by atoms with Gasteiger partial charge in [0.25, 0.3) is 0 Å². The van der Waals surface area contributed by atoms with E-state index >= 15 is 0 Å². The highest BCUT2D eigenvalue weighted by Crippen LogP contribution is 2.29. The van der Waals surface area contributed by atoms with Crippen molar-refractivity contribution in [1.82, 2.24) is 0 Å².